The average molecular weight is 242 g/mol. The number of ether oxygens (including phenoxy) is 1. The molecular weight excluding hydrogens is 216 g/mol. The summed E-state index contributed by atoms with van der Waals surface area (Å²) in [6.45, 7) is 2.55. The zero-order valence-electron chi connectivity index (χ0n) is 11.1. The van der Waals surface area contributed by atoms with Gasteiger partial charge in [-0.15, -0.1) is 0 Å². The van der Waals surface area contributed by atoms with Crippen LogP contribution in [0.25, 0.3) is 0 Å². The molecule has 5 nitrogen and oxygen atoms in total. The number of guanidine groups is 1. The van der Waals surface area contributed by atoms with Gasteiger partial charge in [0, 0.05) is 33.9 Å². The molecule has 0 aromatic heterocycles. The molecular formula is C12H26N4O. The standard InChI is InChI=1S/C12H26N4O/c1-16(10-11-6-3-4-7-11)12(15-13)14-8-5-9-17-2/h11H,3-10,13H2,1-2H3,(H,14,15). The first kappa shape index (κ1) is 14.3. The molecule has 0 aromatic carbocycles. The molecule has 0 aromatic rings. The van der Waals surface area contributed by atoms with Gasteiger partial charge in [-0.05, 0) is 25.2 Å². The highest BCUT2D eigenvalue weighted by atomic mass is 16.5. The highest BCUT2D eigenvalue weighted by Gasteiger charge is 2.18. The minimum Gasteiger partial charge on any atom is -0.385 e. The summed E-state index contributed by atoms with van der Waals surface area (Å²) in [7, 11) is 3.76. The summed E-state index contributed by atoms with van der Waals surface area (Å²) in [5.74, 6) is 7.10. The molecule has 1 aliphatic rings. The molecule has 1 aliphatic carbocycles. The molecule has 0 heterocycles. The summed E-state index contributed by atoms with van der Waals surface area (Å²) >= 11 is 0. The number of aliphatic imine (C=N–C) groups is 1. The molecule has 0 spiro atoms. The predicted octanol–water partition coefficient (Wildman–Crippen LogP) is 0.964. The minimum atomic E-state index is 0.744. The minimum absolute atomic E-state index is 0.744. The molecule has 0 amide bonds. The van der Waals surface area contributed by atoms with Crippen LogP contribution in [0.2, 0.25) is 0 Å². The van der Waals surface area contributed by atoms with Crippen LogP contribution < -0.4 is 11.3 Å². The largest absolute Gasteiger partial charge is 0.385 e. The van der Waals surface area contributed by atoms with E-state index >= 15 is 0 Å². The van der Waals surface area contributed by atoms with Crippen molar-refractivity contribution in [1.29, 1.82) is 0 Å². The van der Waals surface area contributed by atoms with Gasteiger partial charge in [0.1, 0.15) is 0 Å². The number of hydrazine groups is 1. The number of nitrogens with one attached hydrogen (secondary N) is 1. The van der Waals surface area contributed by atoms with Gasteiger partial charge in [0.05, 0.1) is 0 Å². The first-order valence-corrected chi connectivity index (χ1v) is 6.49. The maximum absolute atomic E-state index is 5.51. The first-order chi connectivity index (χ1) is 8.27. The van der Waals surface area contributed by atoms with Gasteiger partial charge in [-0.25, -0.2) is 5.84 Å². The van der Waals surface area contributed by atoms with Gasteiger partial charge >= 0.3 is 0 Å². The van der Waals surface area contributed by atoms with Crippen LogP contribution in [-0.2, 0) is 4.74 Å². The van der Waals surface area contributed by atoms with Gasteiger partial charge in [0.15, 0.2) is 0 Å². The average Bonchev–Trinajstić information content (AvgIpc) is 2.82. The highest BCUT2D eigenvalue weighted by molar-refractivity contribution is 5.79. The van der Waals surface area contributed by atoms with E-state index in [2.05, 4.69) is 15.3 Å². The SMILES string of the molecule is COCCCN=C(NN)N(C)CC1CCCC1. The van der Waals surface area contributed by atoms with E-state index in [0.717, 1.165) is 38.0 Å². The fourth-order valence-corrected chi connectivity index (χ4v) is 2.34. The van der Waals surface area contributed by atoms with Gasteiger partial charge < -0.3 is 9.64 Å². The van der Waals surface area contributed by atoms with Crippen molar-refractivity contribution in [3.8, 4) is 0 Å². The molecule has 0 aliphatic heterocycles. The van der Waals surface area contributed by atoms with Crippen LogP contribution in [0.3, 0.4) is 0 Å². The first-order valence-electron chi connectivity index (χ1n) is 6.49. The fraction of sp³-hybridized carbons (Fsp3) is 0.917. The van der Waals surface area contributed by atoms with Crippen molar-refractivity contribution in [3.63, 3.8) is 0 Å². The van der Waals surface area contributed by atoms with Crippen molar-refractivity contribution in [2.45, 2.75) is 32.1 Å². The summed E-state index contributed by atoms with van der Waals surface area (Å²) in [4.78, 5) is 6.58. The Hall–Kier alpha value is -0.810. The lowest BCUT2D eigenvalue weighted by molar-refractivity contribution is 0.197. The van der Waals surface area contributed by atoms with Crippen molar-refractivity contribution in [2.75, 3.05) is 33.9 Å². The van der Waals surface area contributed by atoms with Crippen molar-refractivity contribution in [3.05, 3.63) is 0 Å². The quantitative estimate of drug-likeness (QED) is 0.239. The van der Waals surface area contributed by atoms with Crippen LogP contribution >= 0.6 is 0 Å². The number of nitrogens with zero attached hydrogens (tertiary/aromatic N) is 2. The normalized spacial score (nSPS) is 17.5. The van der Waals surface area contributed by atoms with Gasteiger partial charge in [0.25, 0.3) is 0 Å². The number of rotatable bonds is 6. The van der Waals surface area contributed by atoms with Gasteiger partial charge in [0.2, 0.25) is 5.96 Å². The summed E-state index contributed by atoms with van der Waals surface area (Å²) in [6, 6.07) is 0. The highest BCUT2D eigenvalue weighted by Crippen LogP contribution is 2.25. The molecule has 1 rings (SSSR count). The van der Waals surface area contributed by atoms with Crippen LogP contribution in [0.4, 0.5) is 0 Å². The molecule has 3 N–H and O–H groups in total. The van der Waals surface area contributed by atoms with Crippen molar-refractivity contribution < 1.29 is 4.74 Å². The lowest BCUT2D eigenvalue weighted by Crippen LogP contribution is -2.44. The van der Waals surface area contributed by atoms with Crippen LogP contribution in [0.1, 0.15) is 32.1 Å². The second-order valence-electron chi connectivity index (χ2n) is 4.73. The van der Waals surface area contributed by atoms with E-state index < -0.39 is 0 Å². The Labute approximate surface area is 104 Å². The molecule has 1 saturated carbocycles. The number of methoxy groups -OCH3 is 1. The third-order valence-electron chi connectivity index (χ3n) is 3.27. The number of nitrogens with two attached hydrogens (primary N) is 1. The van der Waals surface area contributed by atoms with Crippen LogP contribution in [0.15, 0.2) is 4.99 Å². The van der Waals surface area contributed by atoms with E-state index in [9.17, 15) is 0 Å². The zero-order chi connectivity index (χ0) is 12.5. The molecule has 0 radical (unpaired) electrons. The molecule has 1 fully saturated rings. The summed E-state index contributed by atoms with van der Waals surface area (Å²) in [6.07, 6.45) is 6.35. The monoisotopic (exact) mass is 242 g/mol. The maximum Gasteiger partial charge on any atom is 0.208 e. The second kappa shape index (κ2) is 8.31. The molecule has 100 valence electrons. The molecule has 0 unspecified atom stereocenters. The second-order valence-corrected chi connectivity index (χ2v) is 4.73. The van der Waals surface area contributed by atoms with Gasteiger partial charge in [-0.3, -0.25) is 10.4 Å². The van der Waals surface area contributed by atoms with Crippen LogP contribution in [-0.4, -0.2) is 44.7 Å². The Balaban J connectivity index is 2.31. The van der Waals surface area contributed by atoms with E-state index in [4.69, 9.17) is 10.6 Å². The summed E-state index contributed by atoms with van der Waals surface area (Å²) < 4.78 is 4.99. The van der Waals surface area contributed by atoms with Crippen LogP contribution in [0.5, 0.6) is 0 Å². The Morgan fingerprint density at radius 3 is 2.76 bits per heavy atom. The van der Waals surface area contributed by atoms with E-state index in [1.807, 2.05) is 7.05 Å². The summed E-state index contributed by atoms with van der Waals surface area (Å²) in [5.41, 5.74) is 2.69. The molecule has 0 atom stereocenters. The van der Waals surface area contributed by atoms with Crippen molar-refractivity contribution in [1.82, 2.24) is 10.3 Å². The van der Waals surface area contributed by atoms with E-state index in [1.54, 1.807) is 7.11 Å². The zero-order valence-corrected chi connectivity index (χ0v) is 11.1. The third-order valence-corrected chi connectivity index (χ3v) is 3.27. The number of hydrogen-bond acceptors (Lipinski definition) is 3. The van der Waals surface area contributed by atoms with E-state index in [0.29, 0.717) is 0 Å². The lowest BCUT2D eigenvalue weighted by Gasteiger charge is -2.23. The van der Waals surface area contributed by atoms with E-state index in [-0.39, 0.29) is 0 Å². The fourth-order valence-electron chi connectivity index (χ4n) is 2.34. The Morgan fingerprint density at radius 1 is 1.47 bits per heavy atom. The maximum atomic E-state index is 5.51. The molecule has 17 heavy (non-hydrogen) atoms. The van der Waals surface area contributed by atoms with E-state index in [1.165, 1.54) is 25.7 Å². The van der Waals surface area contributed by atoms with Gasteiger partial charge in [-0.1, -0.05) is 12.8 Å². The number of hydrogen-bond donors (Lipinski definition) is 2. The Kier molecular flexibility index (Phi) is 6.96. The van der Waals surface area contributed by atoms with Gasteiger partial charge in [-0.2, -0.15) is 0 Å². The topological polar surface area (TPSA) is 62.9 Å². The van der Waals surface area contributed by atoms with Crippen molar-refractivity contribution >= 4 is 5.96 Å². The van der Waals surface area contributed by atoms with Crippen LogP contribution in [0, 0.1) is 5.92 Å². The third kappa shape index (κ3) is 5.37. The Bertz CT molecular complexity index is 227. The van der Waals surface area contributed by atoms with Crippen molar-refractivity contribution in [2.24, 2.45) is 16.8 Å². The Morgan fingerprint density at radius 2 is 2.18 bits per heavy atom. The lowest BCUT2D eigenvalue weighted by atomic mass is 10.1. The molecule has 5 heteroatoms. The predicted molar refractivity (Wildman–Crippen MR) is 70.7 cm³/mol. The molecule has 0 bridgehead atoms. The smallest absolute Gasteiger partial charge is 0.208 e. The summed E-state index contributed by atoms with van der Waals surface area (Å²) in [5, 5.41) is 0. The molecule has 0 saturated heterocycles.